The third-order valence-corrected chi connectivity index (χ3v) is 4.44. The molecule has 1 N–H and O–H groups in total. The van der Waals surface area contributed by atoms with Crippen LogP contribution in [0.25, 0.3) is 22.2 Å². The van der Waals surface area contributed by atoms with Crippen LogP contribution in [0.2, 0.25) is 0 Å². The van der Waals surface area contributed by atoms with Gasteiger partial charge in [0.1, 0.15) is 0 Å². The van der Waals surface area contributed by atoms with Crippen LogP contribution in [0.5, 0.6) is 0 Å². The fourth-order valence-corrected chi connectivity index (χ4v) is 2.94. The van der Waals surface area contributed by atoms with Crippen LogP contribution in [0.3, 0.4) is 0 Å². The summed E-state index contributed by atoms with van der Waals surface area (Å²) in [6, 6.07) is 10.9. The molecule has 0 aliphatic rings. The number of fused-ring (bicyclic) bond motifs is 1. The number of aromatic nitrogens is 2. The Hall–Kier alpha value is -2.67. The number of hydrogen-bond donors (Lipinski definition) is 1. The Morgan fingerprint density at radius 3 is 2.64 bits per heavy atom. The summed E-state index contributed by atoms with van der Waals surface area (Å²) in [5, 5.41) is 10.3. The van der Waals surface area contributed by atoms with Crippen LogP contribution in [0.15, 0.2) is 58.4 Å². The third kappa shape index (κ3) is 2.35. The van der Waals surface area contributed by atoms with Gasteiger partial charge in [0.2, 0.25) is 0 Å². The number of rotatable bonds is 2. The quantitative estimate of drug-likeness (QED) is 0.727. The lowest BCUT2D eigenvalue weighted by molar-refractivity contribution is 0.187. The standard InChI is InChI=1S/C15H12N2O4S/c1-22(20,21)11-5-2-4-10(8-11)13-9-14(18)17(19)15-12(13)6-3-7-16-15/h2-9,19H,1H3. The van der Waals surface area contributed by atoms with Crippen LogP contribution in [0.1, 0.15) is 0 Å². The summed E-state index contributed by atoms with van der Waals surface area (Å²) in [6.45, 7) is 0. The predicted octanol–water partition coefficient (Wildman–Crippen LogP) is 1.70. The molecular formula is C15H12N2O4S. The second-order valence-corrected chi connectivity index (χ2v) is 6.90. The van der Waals surface area contributed by atoms with Crippen LogP contribution < -0.4 is 5.56 Å². The van der Waals surface area contributed by atoms with Crippen molar-refractivity contribution in [3.05, 3.63) is 59.0 Å². The number of nitrogens with zero attached hydrogens (tertiary/aromatic N) is 2. The summed E-state index contributed by atoms with van der Waals surface area (Å²) < 4.78 is 23.8. The van der Waals surface area contributed by atoms with Gasteiger partial charge >= 0.3 is 0 Å². The van der Waals surface area contributed by atoms with Crippen LogP contribution in [0.4, 0.5) is 0 Å². The maximum atomic E-state index is 11.9. The highest BCUT2D eigenvalue weighted by molar-refractivity contribution is 7.90. The van der Waals surface area contributed by atoms with Crippen molar-refractivity contribution in [1.29, 1.82) is 0 Å². The first-order valence-corrected chi connectivity index (χ1v) is 8.27. The molecule has 3 aromatic rings. The van der Waals surface area contributed by atoms with Gasteiger partial charge < -0.3 is 5.21 Å². The number of sulfone groups is 1. The first-order valence-electron chi connectivity index (χ1n) is 6.38. The van der Waals surface area contributed by atoms with Crippen LogP contribution in [-0.4, -0.2) is 29.6 Å². The van der Waals surface area contributed by atoms with Gasteiger partial charge in [-0.15, -0.1) is 4.73 Å². The van der Waals surface area contributed by atoms with Crippen LogP contribution in [0, 0.1) is 0 Å². The van der Waals surface area contributed by atoms with Gasteiger partial charge in [-0.1, -0.05) is 12.1 Å². The molecule has 0 radical (unpaired) electrons. The lowest BCUT2D eigenvalue weighted by Gasteiger charge is -2.09. The highest BCUT2D eigenvalue weighted by Crippen LogP contribution is 2.27. The molecule has 6 nitrogen and oxygen atoms in total. The normalized spacial score (nSPS) is 11.7. The van der Waals surface area contributed by atoms with E-state index in [0.29, 0.717) is 21.2 Å². The molecule has 0 aliphatic carbocycles. The fourth-order valence-electron chi connectivity index (χ4n) is 2.28. The van der Waals surface area contributed by atoms with Crippen molar-refractivity contribution in [3.8, 4) is 11.1 Å². The Morgan fingerprint density at radius 1 is 1.14 bits per heavy atom. The first-order chi connectivity index (χ1) is 10.4. The monoisotopic (exact) mass is 316 g/mol. The molecule has 0 saturated carbocycles. The van der Waals surface area contributed by atoms with Crippen molar-refractivity contribution >= 4 is 20.9 Å². The van der Waals surface area contributed by atoms with Gasteiger partial charge in [-0.05, 0) is 35.4 Å². The van der Waals surface area contributed by atoms with Crippen molar-refractivity contribution in [2.75, 3.05) is 6.26 Å². The zero-order chi connectivity index (χ0) is 15.9. The molecule has 0 aliphatic heterocycles. The Bertz CT molecular complexity index is 1040. The highest BCUT2D eigenvalue weighted by atomic mass is 32.2. The van der Waals surface area contributed by atoms with E-state index < -0.39 is 15.4 Å². The summed E-state index contributed by atoms with van der Waals surface area (Å²) in [4.78, 5) is 16.0. The van der Waals surface area contributed by atoms with E-state index in [1.807, 2.05) is 0 Å². The smallest absolute Gasteiger partial charge is 0.285 e. The molecule has 112 valence electrons. The van der Waals surface area contributed by atoms with E-state index in [1.165, 1.54) is 24.4 Å². The molecule has 22 heavy (non-hydrogen) atoms. The summed E-state index contributed by atoms with van der Waals surface area (Å²) in [5.41, 5.74) is 0.572. The van der Waals surface area contributed by atoms with Crippen molar-refractivity contribution in [2.24, 2.45) is 0 Å². The average molecular weight is 316 g/mol. The van der Waals surface area contributed by atoms with Crippen LogP contribution >= 0.6 is 0 Å². The van der Waals surface area contributed by atoms with Crippen molar-refractivity contribution in [1.82, 2.24) is 9.71 Å². The molecule has 0 saturated heterocycles. The van der Waals surface area contributed by atoms with Crippen molar-refractivity contribution in [3.63, 3.8) is 0 Å². The number of benzene rings is 1. The van der Waals surface area contributed by atoms with Gasteiger partial charge in [0.15, 0.2) is 15.5 Å². The van der Waals surface area contributed by atoms with E-state index in [2.05, 4.69) is 4.98 Å². The van der Waals surface area contributed by atoms with Crippen LogP contribution in [-0.2, 0) is 9.84 Å². The molecule has 1 aromatic carbocycles. The number of pyridine rings is 2. The summed E-state index contributed by atoms with van der Waals surface area (Å²) in [6.07, 6.45) is 2.59. The second kappa shape index (κ2) is 4.96. The van der Waals surface area contributed by atoms with Gasteiger partial charge in [-0.25, -0.2) is 13.4 Å². The summed E-state index contributed by atoms with van der Waals surface area (Å²) in [5.74, 6) is 0. The van der Waals surface area contributed by atoms with Gasteiger partial charge in [0, 0.05) is 23.9 Å². The van der Waals surface area contributed by atoms with Gasteiger partial charge in [-0.2, -0.15) is 0 Å². The molecule has 0 atom stereocenters. The van der Waals surface area contributed by atoms with Crippen molar-refractivity contribution < 1.29 is 13.6 Å². The molecular weight excluding hydrogens is 304 g/mol. The van der Waals surface area contributed by atoms with Crippen molar-refractivity contribution in [2.45, 2.75) is 4.90 Å². The van der Waals surface area contributed by atoms with Gasteiger partial charge in [-0.3, -0.25) is 4.79 Å². The second-order valence-electron chi connectivity index (χ2n) is 4.88. The Labute approximate surface area is 126 Å². The largest absolute Gasteiger partial charge is 0.423 e. The molecule has 2 heterocycles. The molecule has 0 amide bonds. The zero-order valence-corrected chi connectivity index (χ0v) is 12.4. The van der Waals surface area contributed by atoms with E-state index in [-0.39, 0.29) is 10.5 Å². The van der Waals surface area contributed by atoms with E-state index in [9.17, 15) is 18.4 Å². The zero-order valence-electron chi connectivity index (χ0n) is 11.6. The highest BCUT2D eigenvalue weighted by Gasteiger charge is 2.13. The number of hydrogen-bond acceptors (Lipinski definition) is 5. The topological polar surface area (TPSA) is 89.3 Å². The summed E-state index contributed by atoms with van der Waals surface area (Å²) in [7, 11) is -3.35. The first kappa shape index (κ1) is 14.3. The summed E-state index contributed by atoms with van der Waals surface area (Å²) >= 11 is 0. The Kier molecular flexibility index (Phi) is 3.22. The minimum atomic E-state index is -3.35. The fraction of sp³-hybridized carbons (Fsp3) is 0.0667. The maximum Gasteiger partial charge on any atom is 0.285 e. The maximum absolute atomic E-state index is 11.9. The van der Waals surface area contributed by atoms with E-state index in [0.717, 1.165) is 6.26 Å². The molecule has 0 fully saturated rings. The minimum Gasteiger partial charge on any atom is -0.423 e. The lowest BCUT2D eigenvalue weighted by atomic mass is 10.0. The van der Waals surface area contributed by atoms with E-state index in [1.54, 1.807) is 24.3 Å². The lowest BCUT2D eigenvalue weighted by Crippen LogP contribution is -2.18. The minimum absolute atomic E-state index is 0.120. The average Bonchev–Trinajstić information content (AvgIpc) is 2.50. The molecule has 3 rings (SSSR count). The van der Waals surface area contributed by atoms with E-state index in [4.69, 9.17) is 0 Å². The molecule has 0 bridgehead atoms. The van der Waals surface area contributed by atoms with Gasteiger partial charge in [0.25, 0.3) is 5.56 Å². The van der Waals surface area contributed by atoms with E-state index >= 15 is 0 Å². The molecule has 0 spiro atoms. The Morgan fingerprint density at radius 2 is 1.91 bits per heavy atom. The molecule has 2 aromatic heterocycles. The Balaban J connectivity index is 2.37. The SMILES string of the molecule is CS(=O)(=O)c1cccc(-c2cc(=O)n(O)c3ncccc23)c1. The molecule has 7 heteroatoms. The molecule has 0 unspecified atom stereocenters. The predicted molar refractivity (Wildman–Crippen MR) is 81.7 cm³/mol. The van der Waals surface area contributed by atoms with Gasteiger partial charge in [0.05, 0.1) is 4.90 Å². The third-order valence-electron chi connectivity index (χ3n) is 3.33.